The van der Waals surface area contributed by atoms with Crippen LogP contribution in [0.1, 0.15) is 46.0 Å². The summed E-state index contributed by atoms with van der Waals surface area (Å²) in [5.74, 6) is 1.51. The lowest BCUT2D eigenvalue weighted by Crippen LogP contribution is -2.40. The molecule has 3 nitrogen and oxygen atoms in total. The van der Waals surface area contributed by atoms with Crippen molar-refractivity contribution in [1.82, 2.24) is 0 Å². The predicted molar refractivity (Wildman–Crippen MR) is 113 cm³/mol. The summed E-state index contributed by atoms with van der Waals surface area (Å²) < 4.78 is 6.27. The first kappa shape index (κ1) is 19.2. The van der Waals surface area contributed by atoms with Gasteiger partial charge in [-0.3, -0.25) is 0 Å². The first-order valence-corrected chi connectivity index (χ1v) is 12.8. The fourth-order valence-electron chi connectivity index (χ4n) is 3.94. The zero-order chi connectivity index (χ0) is 18.9. The zero-order valence-corrected chi connectivity index (χ0v) is 17.6. The highest BCUT2D eigenvalue weighted by Gasteiger charge is 2.40. The Labute approximate surface area is 158 Å². The van der Waals surface area contributed by atoms with Crippen LogP contribution in [0.5, 0.6) is 5.75 Å². The lowest BCUT2D eigenvalue weighted by atomic mass is 9.82. The Morgan fingerprint density at radius 1 is 1.08 bits per heavy atom. The van der Waals surface area contributed by atoms with Gasteiger partial charge >= 0.3 is 0 Å². The van der Waals surface area contributed by atoms with Crippen LogP contribution < -0.4 is 10.5 Å². The average Bonchev–Trinajstić information content (AvgIpc) is 2.56. The smallest absolute Gasteiger partial charge is 0.188 e. The van der Waals surface area contributed by atoms with Crippen molar-refractivity contribution in [2.45, 2.75) is 70.2 Å². The molecule has 0 saturated heterocycles. The first-order chi connectivity index (χ1) is 12.2. The van der Waals surface area contributed by atoms with E-state index >= 15 is 0 Å². The summed E-state index contributed by atoms with van der Waals surface area (Å²) >= 11 is 0. The Bertz CT molecular complexity index is 758. The maximum atomic E-state index is 10.5. The monoisotopic (exact) mass is 371 g/mol. The number of fused-ring (bicyclic) bond motifs is 1. The van der Waals surface area contributed by atoms with Gasteiger partial charge in [-0.05, 0) is 79.1 Å². The van der Waals surface area contributed by atoms with Crippen LogP contribution in [0.2, 0.25) is 18.1 Å². The Morgan fingerprint density at radius 2 is 1.65 bits per heavy atom. The minimum atomic E-state index is -2.13. The van der Waals surface area contributed by atoms with Crippen molar-refractivity contribution in [2.24, 2.45) is 5.92 Å². The molecule has 0 radical (unpaired) electrons. The molecule has 3 rings (SSSR count). The summed E-state index contributed by atoms with van der Waals surface area (Å²) in [4.78, 5) is 10.5. The Hall–Kier alpha value is -1.52. The molecule has 0 heterocycles. The molecule has 1 saturated carbocycles. The highest BCUT2D eigenvalue weighted by atomic mass is 28.4. The van der Waals surface area contributed by atoms with E-state index in [0.29, 0.717) is 5.92 Å². The molecule has 26 heavy (non-hydrogen) atoms. The minimum Gasteiger partial charge on any atom is -0.488 e. The number of nitrogens with two attached hydrogens (primary N) is 1. The van der Waals surface area contributed by atoms with Crippen molar-refractivity contribution in [3.05, 3.63) is 36.4 Å². The summed E-state index contributed by atoms with van der Waals surface area (Å²) in [6, 6.07) is 12.3. The second kappa shape index (κ2) is 7.24. The van der Waals surface area contributed by atoms with Crippen molar-refractivity contribution in [3.8, 4) is 5.75 Å². The number of rotatable bonds is 5. The quantitative estimate of drug-likeness (QED) is 0.521. The molecule has 1 fully saturated rings. The van der Waals surface area contributed by atoms with Crippen LogP contribution in [-0.2, 0) is 0 Å². The van der Waals surface area contributed by atoms with Crippen LogP contribution in [0.25, 0.3) is 10.8 Å². The topological polar surface area (TPSA) is 55.5 Å². The van der Waals surface area contributed by atoms with Gasteiger partial charge in [0.15, 0.2) is 8.32 Å². The fourth-order valence-corrected chi connectivity index (χ4v) is 4.73. The van der Waals surface area contributed by atoms with E-state index in [9.17, 15) is 4.80 Å². The van der Waals surface area contributed by atoms with Crippen LogP contribution in [0.3, 0.4) is 0 Å². The van der Waals surface area contributed by atoms with Crippen molar-refractivity contribution in [3.63, 3.8) is 0 Å². The van der Waals surface area contributed by atoms with Crippen LogP contribution in [-0.4, -0.2) is 19.2 Å². The van der Waals surface area contributed by atoms with Gasteiger partial charge in [0.2, 0.25) is 0 Å². The molecule has 1 aliphatic rings. The molecule has 2 aromatic carbocycles. The minimum absolute atomic E-state index is 0.0636. The van der Waals surface area contributed by atoms with Gasteiger partial charge in [-0.25, -0.2) is 0 Å². The van der Waals surface area contributed by atoms with E-state index < -0.39 is 8.32 Å². The maximum Gasteiger partial charge on any atom is 0.188 e. The highest BCUT2D eigenvalue weighted by molar-refractivity contribution is 6.72. The number of benzene rings is 2. The third-order valence-electron chi connectivity index (χ3n) is 6.42. The van der Waals surface area contributed by atoms with E-state index in [1.807, 2.05) is 18.2 Å². The van der Waals surface area contributed by atoms with E-state index in [1.165, 1.54) is 18.2 Å². The van der Waals surface area contributed by atoms with Crippen molar-refractivity contribution < 1.29 is 9.53 Å². The molecule has 0 aliphatic heterocycles. The van der Waals surface area contributed by atoms with E-state index in [4.69, 9.17) is 10.5 Å². The normalized spacial score (nSPS) is 21.7. The Morgan fingerprint density at radius 3 is 2.23 bits per heavy atom. The van der Waals surface area contributed by atoms with Gasteiger partial charge in [-0.1, -0.05) is 38.1 Å². The summed E-state index contributed by atoms with van der Waals surface area (Å²) in [6.45, 7) is 8.59. The third kappa shape index (κ3) is 4.24. The summed E-state index contributed by atoms with van der Waals surface area (Å²) in [5.41, 5.74) is 6.94. The molecule has 0 unspecified atom stereocenters. The summed E-state index contributed by atoms with van der Waals surface area (Å²) in [5, 5.41) is 2.38. The third-order valence-corrected chi connectivity index (χ3v) is 9.94. The Kier molecular flexibility index (Phi) is 5.36. The molecule has 0 spiro atoms. The summed E-state index contributed by atoms with van der Waals surface area (Å²) in [6.07, 6.45) is 5.85. The lowest BCUT2D eigenvalue weighted by molar-refractivity contribution is 0.125. The Balaban J connectivity index is 1.60. The molecule has 1 aliphatic carbocycles. The van der Waals surface area contributed by atoms with Crippen LogP contribution in [0.4, 0.5) is 5.69 Å². The molecule has 0 atom stereocenters. The van der Waals surface area contributed by atoms with E-state index in [0.717, 1.165) is 36.1 Å². The summed E-state index contributed by atoms with van der Waals surface area (Å²) in [7, 11) is -2.13. The molecular formula is C22H33NO2Si. The standard InChI is InChI=1S/C22H33NO2Si/c1-22(2,26(3,4)24)15-16-9-11-19(12-10-16)25-21-14-18-8-6-5-7-17(18)13-20(21)23/h5-8,13-14,16,19,24H,9-12,15,23H2,1-4H3. The molecule has 3 N–H and O–H groups in total. The van der Waals surface area contributed by atoms with Crippen LogP contribution in [0.15, 0.2) is 36.4 Å². The van der Waals surface area contributed by atoms with Gasteiger partial charge in [-0.15, -0.1) is 0 Å². The van der Waals surface area contributed by atoms with Gasteiger partial charge in [0, 0.05) is 0 Å². The van der Waals surface area contributed by atoms with E-state index in [-0.39, 0.29) is 11.1 Å². The predicted octanol–water partition coefficient (Wildman–Crippen LogP) is 5.73. The number of hydrogen-bond acceptors (Lipinski definition) is 3. The molecule has 0 bridgehead atoms. The maximum absolute atomic E-state index is 10.5. The number of ether oxygens (including phenoxy) is 1. The molecule has 142 valence electrons. The largest absolute Gasteiger partial charge is 0.488 e. The highest BCUT2D eigenvalue weighted by Crippen LogP contribution is 2.45. The fraction of sp³-hybridized carbons (Fsp3) is 0.545. The van der Waals surface area contributed by atoms with Gasteiger partial charge < -0.3 is 15.3 Å². The van der Waals surface area contributed by atoms with Crippen molar-refractivity contribution in [1.29, 1.82) is 0 Å². The van der Waals surface area contributed by atoms with Crippen molar-refractivity contribution in [2.75, 3.05) is 5.73 Å². The van der Waals surface area contributed by atoms with Crippen LogP contribution in [0, 0.1) is 5.92 Å². The van der Waals surface area contributed by atoms with E-state index in [1.54, 1.807) is 0 Å². The van der Waals surface area contributed by atoms with Crippen LogP contribution >= 0.6 is 0 Å². The SMILES string of the molecule is CC(C)(CC1CCC(Oc2cc3ccccc3cc2N)CC1)[Si](C)(C)O. The first-order valence-electron chi connectivity index (χ1n) is 9.83. The van der Waals surface area contributed by atoms with Gasteiger partial charge in [0.1, 0.15) is 5.75 Å². The second-order valence-corrected chi connectivity index (χ2v) is 13.6. The second-order valence-electron chi connectivity index (χ2n) is 9.14. The molecular weight excluding hydrogens is 338 g/mol. The zero-order valence-electron chi connectivity index (χ0n) is 16.6. The van der Waals surface area contributed by atoms with Crippen molar-refractivity contribution >= 4 is 24.8 Å². The molecule has 2 aromatic rings. The van der Waals surface area contributed by atoms with Gasteiger partial charge in [-0.2, -0.15) is 0 Å². The molecule has 0 aromatic heterocycles. The molecule has 0 amide bonds. The number of hydrogen-bond donors (Lipinski definition) is 2. The van der Waals surface area contributed by atoms with Gasteiger partial charge in [0.05, 0.1) is 11.8 Å². The molecule has 4 heteroatoms. The number of anilines is 1. The number of nitrogen functional groups attached to an aromatic ring is 1. The lowest BCUT2D eigenvalue weighted by Gasteiger charge is -2.40. The average molecular weight is 372 g/mol. The van der Waals surface area contributed by atoms with E-state index in [2.05, 4.69) is 45.1 Å². The van der Waals surface area contributed by atoms with Gasteiger partial charge in [0.25, 0.3) is 0 Å².